The normalized spacial score (nSPS) is 12.9. The molecule has 1 aromatic carbocycles. The number of rotatable bonds is 3. The molecule has 1 atom stereocenters. The number of halogens is 2. The van der Waals surface area contributed by atoms with Crippen molar-refractivity contribution in [2.75, 3.05) is 6.61 Å². The Morgan fingerprint density at radius 1 is 1.54 bits per heavy atom. The second-order valence-electron chi connectivity index (χ2n) is 2.79. The first kappa shape index (κ1) is 11.0. The van der Waals surface area contributed by atoms with Gasteiger partial charge in [-0.3, -0.25) is 0 Å². The van der Waals surface area contributed by atoms with Crippen molar-refractivity contribution in [3.63, 3.8) is 0 Å². The summed E-state index contributed by atoms with van der Waals surface area (Å²) >= 11 is 9.14. The van der Waals surface area contributed by atoms with Gasteiger partial charge in [-0.2, -0.15) is 0 Å². The largest absolute Gasteiger partial charge is 0.396 e. The average molecular weight is 265 g/mol. The summed E-state index contributed by atoms with van der Waals surface area (Å²) < 4.78 is 0.833. The molecular formula is C9H11BrClNO. The van der Waals surface area contributed by atoms with E-state index < -0.39 is 0 Å². The third kappa shape index (κ3) is 2.95. The first-order chi connectivity index (χ1) is 6.15. The number of hydrogen-bond acceptors (Lipinski definition) is 2. The Labute approximate surface area is 90.8 Å². The van der Waals surface area contributed by atoms with E-state index in [-0.39, 0.29) is 12.6 Å². The zero-order chi connectivity index (χ0) is 9.84. The standard InChI is InChI=1S/C9H11BrClNO/c10-7-5-6(1-2-8(7)11)9(12)3-4-13/h1-2,5,9,13H,3-4,12H2/t9-/m1/s1. The van der Waals surface area contributed by atoms with Gasteiger partial charge in [0, 0.05) is 17.1 Å². The molecule has 0 radical (unpaired) electrons. The third-order valence-corrected chi connectivity index (χ3v) is 3.03. The maximum Gasteiger partial charge on any atom is 0.0548 e. The van der Waals surface area contributed by atoms with Crippen molar-refractivity contribution in [2.24, 2.45) is 5.73 Å². The lowest BCUT2D eigenvalue weighted by Crippen LogP contribution is -2.11. The third-order valence-electron chi connectivity index (χ3n) is 1.81. The van der Waals surface area contributed by atoms with Crippen LogP contribution in [0.1, 0.15) is 18.0 Å². The van der Waals surface area contributed by atoms with Crippen molar-refractivity contribution in [1.82, 2.24) is 0 Å². The Morgan fingerprint density at radius 2 is 2.23 bits per heavy atom. The molecule has 0 bridgehead atoms. The Balaban J connectivity index is 2.84. The van der Waals surface area contributed by atoms with Gasteiger partial charge in [-0.25, -0.2) is 0 Å². The van der Waals surface area contributed by atoms with Gasteiger partial charge in [0.25, 0.3) is 0 Å². The summed E-state index contributed by atoms with van der Waals surface area (Å²) in [6.45, 7) is 0.0986. The number of aliphatic hydroxyl groups excluding tert-OH is 1. The molecule has 0 saturated carbocycles. The predicted octanol–water partition coefficient (Wildman–Crippen LogP) is 2.48. The summed E-state index contributed by atoms with van der Waals surface area (Å²) in [6.07, 6.45) is 0.564. The predicted molar refractivity (Wildman–Crippen MR) is 57.8 cm³/mol. The maximum absolute atomic E-state index is 8.70. The van der Waals surface area contributed by atoms with Crippen LogP contribution in [0, 0.1) is 0 Å². The van der Waals surface area contributed by atoms with E-state index in [9.17, 15) is 0 Å². The van der Waals surface area contributed by atoms with Crippen molar-refractivity contribution < 1.29 is 5.11 Å². The van der Waals surface area contributed by atoms with Crippen LogP contribution in [0.2, 0.25) is 5.02 Å². The second-order valence-corrected chi connectivity index (χ2v) is 4.05. The Bertz CT molecular complexity index is 293. The topological polar surface area (TPSA) is 46.2 Å². The molecule has 2 nitrogen and oxygen atoms in total. The fourth-order valence-electron chi connectivity index (χ4n) is 1.05. The summed E-state index contributed by atoms with van der Waals surface area (Å²) in [7, 11) is 0. The Hall–Kier alpha value is -0.0900. The molecule has 1 aromatic rings. The van der Waals surface area contributed by atoms with Crippen molar-refractivity contribution in [2.45, 2.75) is 12.5 Å². The first-order valence-corrected chi connectivity index (χ1v) is 5.13. The lowest BCUT2D eigenvalue weighted by Gasteiger charge is -2.10. The van der Waals surface area contributed by atoms with E-state index in [2.05, 4.69) is 15.9 Å². The molecule has 0 aliphatic rings. The van der Waals surface area contributed by atoms with Crippen LogP contribution in [0.25, 0.3) is 0 Å². The summed E-state index contributed by atoms with van der Waals surface area (Å²) in [4.78, 5) is 0. The molecule has 0 aliphatic carbocycles. The van der Waals surface area contributed by atoms with E-state index >= 15 is 0 Å². The lowest BCUT2D eigenvalue weighted by atomic mass is 10.1. The summed E-state index contributed by atoms with van der Waals surface area (Å²) in [5, 5.41) is 9.37. The van der Waals surface area contributed by atoms with E-state index in [0.717, 1.165) is 10.0 Å². The average Bonchev–Trinajstić information content (AvgIpc) is 2.10. The van der Waals surface area contributed by atoms with Gasteiger partial charge in [0.2, 0.25) is 0 Å². The molecule has 4 heteroatoms. The van der Waals surface area contributed by atoms with Crippen LogP contribution in [-0.2, 0) is 0 Å². The molecule has 0 spiro atoms. The van der Waals surface area contributed by atoms with Gasteiger partial charge >= 0.3 is 0 Å². The molecule has 0 aliphatic heterocycles. The van der Waals surface area contributed by atoms with Crippen molar-refractivity contribution in [1.29, 1.82) is 0 Å². The highest BCUT2D eigenvalue weighted by Gasteiger charge is 2.06. The van der Waals surface area contributed by atoms with Gasteiger partial charge < -0.3 is 10.8 Å². The molecule has 72 valence electrons. The van der Waals surface area contributed by atoms with E-state index in [1.165, 1.54) is 0 Å². The first-order valence-electron chi connectivity index (χ1n) is 3.96. The number of aliphatic hydroxyl groups is 1. The second kappa shape index (κ2) is 4.96. The van der Waals surface area contributed by atoms with Crippen molar-refractivity contribution in [3.8, 4) is 0 Å². The Morgan fingerprint density at radius 3 is 2.77 bits per heavy atom. The van der Waals surface area contributed by atoms with Crippen molar-refractivity contribution >= 4 is 27.5 Å². The van der Waals surface area contributed by atoms with Gasteiger partial charge in [0.15, 0.2) is 0 Å². The molecule has 0 amide bonds. The van der Waals surface area contributed by atoms with Gasteiger partial charge in [-0.05, 0) is 40.0 Å². The Kier molecular flexibility index (Phi) is 4.19. The molecule has 0 unspecified atom stereocenters. The highest BCUT2D eigenvalue weighted by atomic mass is 79.9. The van der Waals surface area contributed by atoms with Gasteiger partial charge in [-0.1, -0.05) is 17.7 Å². The highest BCUT2D eigenvalue weighted by Crippen LogP contribution is 2.26. The minimum atomic E-state index is -0.126. The van der Waals surface area contributed by atoms with Crippen LogP contribution in [0.3, 0.4) is 0 Å². The molecule has 3 N–H and O–H groups in total. The lowest BCUT2D eigenvalue weighted by molar-refractivity contribution is 0.276. The fraction of sp³-hybridized carbons (Fsp3) is 0.333. The zero-order valence-corrected chi connectivity index (χ0v) is 9.35. The highest BCUT2D eigenvalue weighted by molar-refractivity contribution is 9.10. The minimum Gasteiger partial charge on any atom is -0.396 e. The van der Waals surface area contributed by atoms with Crippen LogP contribution in [0.5, 0.6) is 0 Å². The number of benzene rings is 1. The summed E-state index contributed by atoms with van der Waals surface area (Å²) in [6, 6.07) is 5.41. The van der Waals surface area contributed by atoms with Crippen LogP contribution >= 0.6 is 27.5 Å². The molecule has 0 fully saturated rings. The molecule has 0 aromatic heterocycles. The zero-order valence-electron chi connectivity index (χ0n) is 7.00. The smallest absolute Gasteiger partial charge is 0.0548 e. The number of nitrogens with two attached hydrogens (primary N) is 1. The van der Waals surface area contributed by atoms with E-state index in [1.54, 1.807) is 6.07 Å². The van der Waals surface area contributed by atoms with E-state index in [4.69, 9.17) is 22.4 Å². The quantitative estimate of drug-likeness (QED) is 0.881. The molecule has 1 rings (SSSR count). The van der Waals surface area contributed by atoms with Gasteiger partial charge in [0.05, 0.1) is 5.02 Å². The van der Waals surface area contributed by atoms with E-state index in [0.29, 0.717) is 11.4 Å². The van der Waals surface area contributed by atoms with Crippen LogP contribution in [0.4, 0.5) is 0 Å². The molecular weight excluding hydrogens is 253 g/mol. The van der Waals surface area contributed by atoms with E-state index in [1.807, 2.05) is 12.1 Å². The molecule has 0 saturated heterocycles. The minimum absolute atomic E-state index is 0.0986. The van der Waals surface area contributed by atoms with Crippen LogP contribution in [-0.4, -0.2) is 11.7 Å². The van der Waals surface area contributed by atoms with Crippen LogP contribution in [0.15, 0.2) is 22.7 Å². The van der Waals surface area contributed by atoms with Crippen molar-refractivity contribution in [3.05, 3.63) is 33.3 Å². The molecule has 13 heavy (non-hydrogen) atoms. The van der Waals surface area contributed by atoms with Crippen LogP contribution < -0.4 is 5.73 Å². The number of hydrogen-bond donors (Lipinski definition) is 2. The summed E-state index contributed by atoms with van der Waals surface area (Å²) in [5.41, 5.74) is 6.78. The summed E-state index contributed by atoms with van der Waals surface area (Å²) in [5.74, 6) is 0. The fourth-order valence-corrected chi connectivity index (χ4v) is 1.56. The van der Waals surface area contributed by atoms with Gasteiger partial charge in [0.1, 0.15) is 0 Å². The maximum atomic E-state index is 8.70. The molecule has 0 heterocycles. The monoisotopic (exact) mass is 263 g/mol. The van der Waals surface area contributed by atoms with Gasteiger partial charge in [-0.15, -0.1) is 0 Å². The SMILES string of the molecule is N[C@H](CCO)c1ccc(Cl)c(Br)c1.